The van der Waals surface area contributed by atoms with Gasteiger partial charge in [-0.25, -0.2) is 0 Å². The molecule has 2 aromatic heterocycles. The Bertz CT molecular complexity index is 896. The second-order valence-corrected chi connectivity index (χ2v) is 4.29. The van der Waals surface area contributed by atoms with Gasteiger partial charge in [-0.3, -0.25) is 9.97 Å². The van der Waals surface area contributed by atoms with Crippen molar-refractivity contribution in [3.63, 3.8) is 0 Å². The fourth-order valence-electron chi connectivity index (χ4n) is 2.54. The van der Waals surface area contributed by atoms with E-state index in [9.17, 15) is 0 Å². The largest absolute Gasteiger partial charge is 0.264 e. The summed E-state index contributed by atoms with van der Waals surface area (Å²) >= 11 is 0. The predicted molar refractivity (Wildman–Crippen MR) is 74.6 cm³/mol. The van der Waals surface area contributed by atoms with Crippen molar-refractivity contribution in [2.24, 2.45) is 0 Å². The third-order valence-corrected chi connectivity index (χ3v) is 3.33. The minimum absolute atomic E-state index is 0.515. The third kappa shape index (κ3) is 1.17. The molecule has 0 atom stereocenters. The Morgan fingerprint density at radius 2 is 1.61 bits per heavy atom. The fraction of sp³-hybridized carbons (Fsp3) is 0. The Morgan fingerprint density at radius 1 is 0.778 bits per heavy atom. The highest BCUT2D eigenvalue weighted by molar-refractivity contribution is 6.23. The molecule has 2 heterocycles. The molecule has 0 radical (unpaired) electrons. The maximum Gasteiger partial charge on any atom is 0.0787 e. The second kappa shape index (κ2) is 3.50. The van der Waals surface area contributed by atoms with Crippen LogP contribution in [0.2, 0.25) is 0 Å². The quantitative estimate of drug-likeness (QED) is 0.428. The Hall–Kier alpha value is -2.48. The van der Waals surface area contributed by atoms with E-state index in [1.807, 2.05) is 42.7 Å². The summed E-state index contributed by atoms with van der Waals surface area (Å²) in [6.45, 7) is 0. The van der Waals surface area contributed by atoms with E-state index in [-0.39, 0.29) is 0 Å². The van der Waals surface area contributed by atoms with E-state index < -0.39 is 0 Å². The summed E-state index contributed by atoms with van der Waals surface area (Å²) in [5.41, 5.74) is 0.991. The fourth-order valence-corrected chi connectivity index (χ4v) is 2.54. The molecule has 0 aliphatic carbocycles. The van der Waals surface area contributed by atoms with Crippen LogP contribution in [0.4, 0.5) is 0 Å². The van der Waals surface area contributed by atoms with Gasteiger partial charge in [-0.2, -0.15) is 0 Å². The number of rotatable bonds is 0. The molecule has 18 heavy (non-hydrogen) atoms. The normalized spacial score (nSPS) is 12.1. The maximum absolute atomic E-state index is 7.82. The van der Waals surface area contributed by atoms with Crippen LogP contribution in [0.15, 0.2) is 61.0 Å². The van der Waals surface area contributed by atoms with Crippen molar-refractivity contribution in [3.05, 3.63) is 61.0 Å². The molecular weight excluding hydrogens is 220 g/mol. The first-order valence-electron chi connectivity index (χ1n) is 6.35. The van der Waals surface area contributed by atoms with Crippen LogP contribution in [0, 0.1) is 0 Å². The molecule has 0 saturated carbocycles. The Kier molecular flexibility index (Phi) is 1.67. The van der Waals surface area contributed by atoms with Gasteiger partial charge in [0.2, 0.25) is 0 Å². The van der Waals surface area contributed by atoms with E-state index in [4.69, 9.17) is 1.37 Å². The van der Waals surface area contributed by atoms with Crippen LogP contribution in [0.1, 0.15) is 1.37 Å². The lowest BCUT2D eigenvalue weighted by Crippen LogP contribution is -1.85. The summed E-state index contributed by atoms with van der Waals surface area (Å²) in [5, 5.41) is 5.45. The molecule has 4 rings (SSSR count). The van der Waals surface area contributed by atoms with E-state index in [2.05, 4.69) is 16.0 Å². The first-order chi connectivity index (χ1) is 9.34. The van der Waals surface area contributed by atoms with Crippen LogP contribution in [-0.4, -0.2) is 9.97 Å². The SMILES string of the molecule is [2H]c1ccc2c(c1)c1cnccc1c1ncccc21. The summed E-state index contributed by atoms with van der Waals surface area (Å²) in [4.78, 5) is 8.72. The maximum atomic E-state index is 7.82. The van der Waals surface area contributed by atoms with Crippen LogP contribution >= 0.6 is 0 Å². The van der Waals surface area contributed by atoms with Crippen molar-refractivity contribution in [2.45, 2.75) is 0 Å². The number of aromatic nitrogens is 2. The van der Waals surface area contributed by atoms with Crippen LogP contribution in [-0.2, 0) is 0 Å². The lowest BCUT2D eigenvalue weighted by atomic mass is 9.99. The van der Waals surface area contributed by atoms with Crippen molar-refractivity contribution in [3.8, 4) is 0 Å². The molecule has 0 fully saturated rings. The van der Waals surface area contributed by atoms with Crippen LogP contribution in [0.5, 0.6) is 0 Å². The molecule has 0 amide bonds. The highest BCUT2D eigenvalue weighted by atomic mass is 14.7. The van der Waals surface area contributed by atoms with Gasteiger partial charge in [0.1, 0.15) is 0 Å². The van der Waals surface area contributed by atoms with Crippen molar-refractivity contribution in [2.75, 3.05) is 0 Å². The van der Waals surface area contributed by atoms with E-state index in [0.29, 0.717) is 6.04 Å². The predicted octanol–water partition coefficient (Wildman–Crippen LogP) is 3.94. The average molecular weight is 231 g/mol. The molecule has 2 heteroatoms. The van der Waals surface area contributed by atoms with Gasteiger partial charge in [-0.05, 0) is 22.9 Å². The van der Waals surface area contributed by atoms with Gasteiger partial charge in [0, 0.05) is 34.7 Å². The van der Waals surface area contributed by atoms with Gasteiger partial charge in [-0.15, -0.1) is 0 Å². The third-order valence-electron chi connectivity index (χ3n) is 3.33. The lowest BCUT2D eigenvalue weighted by molar-refractivity contribution is 1.36. The summed E-state index contributed by atoms with van der Waals surface area (Å²) < 4.78 is 7.82. The summed E-state index contributed by atoms with van der Waals surface area (Å²) in [7, 11) is 0. The van der Waals surface area contributed by atoms with Crippen molar-refractivity contribution >= 4 is 32.4 Å². The number of nitrogens with zero attached hydrogens (tertiary/aromatic N) is 2. The van der Waals surface area contributed by atoms with Gasteiger partial charge >= 0.3 is 0 Å². The van der Waals surface area contributed by atoms with E-state index in [1.54, 1.807) is 6.20 Å². The standard InChI is InChI=1S/C16H10N2/c1-2-5-12-11(4-1)13-6-3-8-18-16(13)14-7-9-17-10-15(12)14/h1-10H/i2D. The molecule has 84 valence electrons. The number of benzene rings is 2. The average Bonchev–Trinajstić information content (AvgIpc) is 2.47. The molecule has 0 N–H and O–H groups in total. The number of pyridine rings is 2. The first kappa shape index (κ1) is 8.59. The monoisotopic (exact) mass is 231 g/mol. The molecule has 2 nitrogen and oxygen atoms in total. The zero-order valence-electron chi connectivity index (χ0n) is 10.6. The van der Waals surface area contributed by atoms with Gasteiger partial charge in [-0.1, -0.05) is 30.3 Å². The Labute approximate surface area is 105 Å². The highest BCUT2D eigenvalue weighted by Crippen LogP contribution is 2.32. The van der Waals surface area contributed by atoms with Crippen LogP contribution in [0.25, 0.3) is 32.4 Å². The zero-order valence-corrected chi connectivity index (χ0v) is 9.59. The number of hydrogen-bond acceptors (Lipinski definition) is 2. The number of fused-ring (bicyclic) bond motifs is 6. The van der Waals surface area contributed by atoms with Crippen LogP contribution < -0.4 is 0 Å². The van der Waals surface area contributed by atoms with E-state index >= 15 is 0 Å². The minimum atomic E-state index is 0.515. The zero-order chi connectivity index (χ0) is 12.8. The topological polar surface area (TPSA) is 25.8 Å². The minimum Gasteiger partial charge on any atom is -0.264 e. The molecule has 0 bridgehead atoms. The molecule has 2 aromatic carbocycles. The molecule has 4 aromatic rings. The smallest absolute Gasteiger partial charge is 0.0787 e. The van der Waals surface area contributed by atoms with Gasteiger partial charge in [0.25, 0.3) is 0 Å². The Balaban J connectivity index is 2.43. The van der Waals surface area contributed by atoms with Gasteiger partial charge in [0.05, 0.1) is 6.89 Å². The Morgan fingerprint density at radius 3 is 2.61 bits per heavy atom. The summed E-state index contributed by atoms with van der Waals surface area (Å²) in [6.07, 6.45) is 5.45. The molecule has 0 saturated heterocycles. The summed E-state index contributed by atoms with van der Waals surface area (Å²) in [6, 6.07) is 12.2. The van der Waals surface area contributed by atoms with Crippen molar-refractivity contribution in [1.82, 2.24) is 9.97 Å². The number of hydrogen-bond donors (Lipinski definition) is 0. The summed E-state index contributed by atoms with van der Waals surface area (Å²) in [5.74, 6) is 0. The molecule has 0 spiro atoms. The van der Waals surface area contributed by atoms with Crippen molar-refractivity contribution in [1.29, 1.82) is 0 Å². The van der Waals surface area contributed by atoms with E-state index in [1.165, 1.54) is 0 Å². The first-order valence-corrected chi connectivity index (χ1v) is 5.85. The molecule has 0 aliphatic heterocycles. The molecule has 0 unspecified atom stereocenters. The molecule has 0 aliphatic rings. The van der Waals surface area contributed by atoms with Gasteiger partial charge in [0.15, 0.2) is 0 Å². The van der Waals surface area contributed by atoms with Crippen molar-refractivity contribution < 1.29 is 1.37 Å². The lowest BCUT2D eigenvalue weighted by Gasteiger charge is -2.08. The highest BCUT2D eigenvalue weighted by Gasteiger charge is 2.07. The van der Waals surface area contributed by atoms with Gasteiger partial charge < -0.3 is 0 Å². The van der Waals surface area contributed by atoms with E-state index in [0.717, 1.165) is 32.4 Å². The molecular formula is C16H10N2. The second-order valence-electron chi connectivity index (χ2n) is 4.29. The van der Waals surface area contributed by atoms with Crippen LogP contribution in [0.3, 0.4) is 0 Å².